The van der Waals surface area contributed by atoms with Crippen LogP contribution in [0.4, 0.5) is 0 Å². The molecule has 2 rings (SSSR count). The summed E-state index contributed by atoms with van der Waals surface area (Å²) in [6.45, 7) is 12.9. The fourth-order valence-corrected chi connectivity index (χ4v) is 5.49. The Morgan fingerprint density at radius 1 is 1.26 bits per heavy atom. The quantitative estimate of drug-likeness (QED) is 0.843. The molecule has 0 spiro atoms. The average molecular weight is 285 g/mol. The molecule has 3 heteroatoms. The molecule has 0 bridgehead atoms. The van der Waals surface area contributed by atoms with Gasteiger partial charge < -0.3 is 5.73 Å². The highest BCUT2D eigenvalue weighted by atomic mass is 32.2. The van der Waals surface area contributed by atoms with Gasteiger partial charge in [-0.3, -0.25) is 4.90 Å². The van der Waals surface area contributed by atoms with Crippen LogP contribution >= 0.6 is 11.8 Å². The van der Waals surface area contributed by atoms with Crippen LogP contribution in [0, 0.1) is 11.3 Å². The summed E-state index contributed by atoms with van der Waals surface area (Å²) in [5, 5.41) is 0.698. The molecule has 0 aliphatic carbocycles. The maximum Gasteiger partial charge on any atom is 0.0455 e. The highest BCUT2D eigenvalue weighted by molar-refractivity contribution is 8.00. The molecule has 2 nitrogen and oxygen atoms in total. The van der Waals surface area contributed by atoms with E-state index in [1.54, 1.807) is 0 Å². The number of hydrogen-bond acceptors (Lipinski definition) is 3. The minimum absolute atomic E-state index is 0.289. The molecule has 19 heavy (non-hydrogen) atoms. The third-order valence-electron chi connectivity index (χ3n) is 5.60. The van der Waals surface area contributed by atoms with Crippen molar-refractivity contribution in [3.05, 3.63) is 0 Å². The van der Waals surface area contributed by atoms with E-state index in [0.29, 0.717) is 10.7 Å². The Balaban J connectivity index is 2.06. The zero-order valence-electron chi connectivity index (χ0n) is 13.2. The van der Waals surface area contributed by atoms with Crippen molar-refractivity contribution in [3.8, 4) is 0 Å². The molecule has 2 aliphatic rings. The first-order chi connectivity index (χ1) is 8.90. The molecule has 112 valence electrons. The highest BCUT2D eigenvalue weighted by Gasteiger charge is 2.45. The van der Waals surface area contributed by atoms with Crippen molar-refractivity contribution in [2.24, 2.45) is 17.1 Å². The standard InChI is InChI=1S/C16H32N2S/c1-13-16(12-17,8-11-19-13)18-9-5-6-14(7-10-18)15(2,3)4/h13-14H,5-12,17H2,1-4H3. The first-order valence-corrected chi connectivity index (χ1v) is 9.02. The highest BCUT2D eigenvalue weighted by Crippen LogP contribution is 2.42. The number of thioether (sulfide) groups is 1. The molecule has 0 amide bonds. The predicted octanol–water partition coefficient (Wildman–Crippen LogP) is 3.36. The van der Waals surface area contributed by atoms with Gasteiger partial charge in [-0.1, -0.05) is 27.7 Å². The van der Waals surface area contributed by atoms with E-state index in [-0.39, 0.29) is 5.54 Å². The summed E-state index contributed by atoms with van der Waals surface area (Å²) >= 11 is 2.11. The molecule has 0 aromatic rings. The fraction of sp³-hybridized carbons (Fsp3) is 1.00. The molecule has 2 fully saturated rings. The van der Waals surface area contributed by atoms with E-state index in [2.05, 4.69) is 44.4 Å². The van der Waals surface area contributed by atoms with Gasteiger partial charge in [0.2, 0.25) is 0 Å². The van der Waals surface area contributed by atoms with Gasteiger partial charge in [0, 0.05) is 17.3 Å². The minimum atomic E-state index is 0.289. The molecule has 2 heterocycles. The Morgan fingerprint density at radius 2 is 2.00 bits per heavy atom. The SMILES string of the molecule is CC1SCCC1(CN)N1CCCC(C(C)(C)C)CC1. The topological polar surface area (TPSA) is 29.3 Å². The summed E-state index contributed by atoms with van der Waals surface area (Å²) in [6.07, 6.45) is 5.38. The van der Waals surface area contributed by atoms with Crippen LogP contribution in [-0.2, 0) is 0 Å². The molecule has 0 radical (unpaired) electrons. The molecule has 3 atom stereocenters. The molecular formula is C16H32N2S. The van der Waals surface area contributed by atoms with Crippen molar-refractivity contribution in [2.45, 2.75) is 64.2 Å². The first kappa shape index (κ1) is 15.7. The fourth-order valence-electron chi connectivity index (χ4n) is 3.99. The van der Waals surface area contributed by atoms with E-state index in [1.165, 1.54) is 44.5 Å². The van der Waals surface area contributed by atoms with E-state index in [4.69, 9.17) is 5.73 Å². The largest absolute Gasteiger partial charge is 0.329 e. The second kappa shape index (κ2) is 5.95. The van der Waals surface area contributed by atoms with Gasteiger partial charge in [0.1, 0.15) is 0 Å². The monoisotopic (exact) mass is 284 g/mol. The Morgan fingerprint density at radius 3 is 2.53 bits per heavy atom. The van der Waals surface area contributed by atoms with E-state index in [0.717, 1.165) is 12.5 Å². The lowest BCUT2D eigenvalue weighted by molar-refractivity contribution is 0.0965. The van der Waals surface area contributed by atoms with Gasteiger partial charge in [-0.15, -0.1) is 0 Å². The number of nitrogens with zero attached hydrogens (tertiary/aromatic N) is 1. The normalized spacial score (nSPS) is 38.4. The number of hydrogen-bond donors (Lipinski definition) is 1. The van der Waals surface area contributed by atoms with Crippen molar-refractivity contribution >= 4 is 11.8 Å². The van der Waals surface area contributed by atoms with Gasteiger partial charge in [0.05, 0.1) is 0 Å². The summed E-state index contributed by atoms with van der Waals surface area (Å²) in [5.41, 5.74) is 6.96. The van der Waals surface area contributed by atoms with E-state index < -0.39 is 0 Å². The zero-order chi connectivity index (χ0) is 14.1. The van der Waals surface area contributed by atoms with Crippen LogP contribution in [0.5, 0.6) is 0 Å². The van der Waals surface area contributed by atoms with Crippen LogP contribution in [0.2, 0.25) is 0 Å². The van der Waals surface area contributed by atoms with Gasteiger partial charge in [0.25, 0.3) is 0 Å². The molecule has 3 unspecified atom stereocenters. The van der Waals surface area contributed by atoms with Crippen LogP contribution in [0.25, 0.3) is 0 Å². The molecule has 0 aromatic heterocycles. The van der Waals surface area contributed by atoms with Crippen molar-refractivity contribution in [2.75, 3.05) is 25.4 Å². The van der Waals surface area contributed by atoms with Gasteiger partial charge in [0.15, 0.2) is 0 Å². The average Bonchev–Trinajstić information content (AvgIpc) is 2.58. The molecule has 2 N–H and O–H groups in total. The molecule has 2 aliphatic heterocycles. The Hall–Kier alpha value is 0.270. The smallest absolute Gasteiger partial charge is 0.0455 e. The predicted molar refractivity (Wildman–Crippen MR) is 86.7 cm³/mol. The molecule has 0 aromatic carbocycles. The Bertz CT molecular complexity index is 300. The Kier molecular flexibility index (Phi) is 4.90. The maximum atomic E-state index is 6.21. The van der Waals surface area contributed by atoms with Gasteiger partial charge in [-0.05, 0) is 55.9 Å². The van der Waals surface area contributed by atoms with Crippen LogP contribution < -0.4 is 5.73 Å². The minimum Gasteiger partial charge on any atom is -0.329 e. The number of rotatable bonds is 2. The van der Waals surface area contributed by atoms with Gasteiger partial charge >= 0.3 is 0 Å². The van der Waals surface area contributed by atoms with Crippen LogP contribution in [0.15, 0.2) is 0 Å². The van der Waals surface area contributed by atoms with Crippen LogP contribution in [0.1, 0.15) is 53.4 Å². The lowest BCUT2D eigenvalue weighted by Crippen LogP contribution is -2.57. The molecular weight excluding hydrogens is 252 g/mol. The summed E-state index contributed by atoms with van der Waals surface area (Å²) in [6, 6.07) is 0. The van der Waals surface area contributed by atoms with Crippen LogP contribution in [-0.4, -0.2) is 41.1 Å². The van der Waals surface area contributed by atoms with Crippen LogP contribution in [0.3, 0.4) is 0 Å². The van der Waals surface area contributed by atoms with E-state index >= 15 is 0 Å². The first-order valence-electron chi connectivity index (χ1n) is 7.97. The number of likely N-dealkylation sites (tertiary alicyclic amines) is 1. The van der Waals surface area contributed by atoms with Gasteiger partial charge in [-0.25, -0.2) is 0 Å². The van der Waals surface area contributed by atoms with Gasteiger partial charge in [-0.2, -0.15) is 11.8 Å². The van der Waals surface area contributed by atoms with E-state index in [1.807, 2.05) is 0 Å². The summed E-state index contributed by atoms with van der Waals surface area (Å²) in [4.78, 5) is 2.75. The van der Waals surface area contributed by atoms with E-state index in [9.17, 15) is 0 Å². The summed E-state index contributed by atoms with van der Waals surface area (Å²) in [5.74, 6) is 2.16. The molecule has 0 saturated carbocycles. The lowest BCUT2D eigenvalue weighted by Gasteiger charge is -2.43. The second-order valence-electron chi connectivity index (χ2n) is 7.55. The summed E-state index contributed by atoms with van der Waals surface area (Å²) in [7, 11) is 0. The maximum absolute atomic E-state index is 6.21. The van der Waals surface area contributed by atoms with Crippen molar-refractivity contribution in [1.29, 1.82) is 0 Å². The van der Waals surface area contributed by atoms with Crippen molar-refractivity contribution in [3.63, 3.8) is 0 Å². The third kappa shape index (κ3) is 3.14. The third-order valence-corrected chi connectivity index (χ3v) is 6.97. The van der Waals surface area contributed by atoms with Crippen molar-refractivity contribution < 1.29 is 0 Å². The zero-order valence-corrected chi connectivity index (χ0v) is 14.1. The van der Waals surface area contributed by atoms with Crippen molar-refractivity contribution in [1.82, 2.24) is 4.90 Å². The second-order valence-corrected chi connectivity index (χ2v) is 9.00. The molecule has 2 saturated heterocycles. The Labute approximate surface area is 123 Å². The summed E-state index contributed by atoms with van der Waals surface area (Å²) < 4.78 is 0. The lowest BCUT2D eigenvalue weighted by atomic mass is 9.76. The number of nitrogens with two attached hydrogens (primary N) is 1.